The van der Waals surface area contributed by atoms with E-state index in [1.807, 2.05) is 0 Å². The molecule has 0 spiro atoms. The molecule has 0 saturated carbocycles. The van der Waals surface area contributed by atoms with Crippen molar-refractivity contribution in [2.75, 3.05) is 51.6 Å². The quantitative estimate of drug-likeness (QED) is 0.623. The molecule has 3 N–H and O–H groups in total. The van der Waals surface area contributed by atoms with Gasteiger partial charge in [0.15, 0.2) is 0 Å². The van der Waals surface area contributed by atoms with E-state index in [1.165, 1.54) is 18.9 Å². The van der Waals surface area contributed by atoms with Gasteiger partial charge in [-0.3, -0.25) is 19.5 Å². The van der Waals surface area contributed by atoms with Crippen LogP contribution in [0.1, 0.15) is 31.4 Å². The molecule has 0 aliphatic carbocycles. The maximum atomic E-state index is 12.6. The van der Waals surface area contributed by atoms with Crippen LogP contribution in [-0.4, -0.2) is 78.0 Å². The maximum Gasteiger partial charge on any atom is 0.252 e. The molecule has 0 aromatic carbocycles. The van der Waals surface area contributed by atoms with Crippen molar-refractivity contribution >= 4 is 11.9 Å². The smallest absolute Gasteiger partial charge is 0.252 e. The minimum Gasteiger partial charge on any atom is -0.354 e. The number of carbonyl (C=O) groups is 1. The van der Waals surface area contributed by atoms with Crippen LogP contribution >= 0.6 is 0 Å². The van der Waals surface area contributed by atoms with Crippen LogP contribution in [-0.2, 0) is 4.79 Å². The van der Waals surface area contributed by atoms with Crippen LogP contribution in [0.4, 0.5) is 5.95 Å². The molecular weight excluding hydrogens is 344 g/mol. The van der Waals surface area contributed by atoms with E-state index in [9.17, 15) is 9.59 Å². The number of rotatable bonds is 6. The molecule has 2 fully saturated rings. The fourth-order valence-electron chi connectivity index (χ4n) is 4.09. The lowest BCUT2D eigenvalue weighted by atomic mass is 9.93. The van der Waals surface area contributed by atoms with Crippen LogP contribution < -0.4 is 16.2 Å². The summed E-state index contributed by atoms with van der Waals surface area (Å²) in [4.78, 5) is 35.7. The van der Waals surface area contributed by atoms with Crippen molar-refractivity contribution in [3.05, 3.63) is 22.1 Å². The van der Waals surface area contributed by atoms with Crippen molar-refractivity contribution in [2.45, 2.75) is 38.6 Å². The van der Waals surface area contributed by atoms with Gasteiger partial charge in [-0.1, -0.05) is 0 Å². The second-order valence-electron chi connectivity index (χ2n) is 7.82. The summed E-state index contributed by atoms with van der Waals surface area (Å²) < 4.78 is 0. The van der Waals surface area contributed by atoms with E-state index < -0.39 is 0 Å². The summed E-state index contributed by atoms with van der Waals surface area (Å²) in [6.45, 7) is 7.12. The zero-order valence-corrected chi connectivity index (χ0v) is 16.5. The number of hydrogen-bond acceptors (Lipinski definition) is 6. The van der Waals surface area contributed by atoms with E-state index in [-0.39, 0.29) is 17.4 Å². The molecule has 8 nitrogen and oxygen atoms in total. The van der Waals surface area contributed by atoms with Gasteiger partial charge < -0.3 is 15.5 Å². The molecular formula is C19H32N6O2. The molecule has 0 radical (unpaired) electrons. The monoisotopic (exact) mass is 376 g/mol. The number of likely N-dealkylation sites (tertiary alicyclic amines) is 2. The van der Waals surface area contributed by atoms with Crippen LogP contribution in [0.3, 0.4) is 0 Å². The minimum absolute atomic E-state index is 0.0790. The van der Waals surface area contributed by atoms with Gasteiger partial charge in [0.2, 0.25) is 11.9 Å². The van der Waals surface area contributed by atoms with Crippen molar-refractivity contribution in [3.63, 3.8) is 0 Å². The van der Waals surface area contributed by atoms with E-state index in [1.54, 1.807) is 6.92 Å². The van der Waals surface area contributed by atoms with Gasteiger partial charge in [0, 0.05) is 37.4 Å². The highest BCUT2D eigenvalue weighted by Gasteiger charge is 2.30. The summed E-state index contributed by atoms with van der Waals surface area (Å²) in [7, 11) is 2.18. The third-order valence-electron chi connectivity index (χ3n) is 5.61. The number of aromatic nitrogens is 2. The third-order valence-corrected chi connectivity index (χ3v) is 5.61. The summed E-state index contributed by atoms with van der Waals surface area (Å²) in [6.07, 6.45) is 4.47. The van der Waals surface area contributed by atoms with E-state index in [0.29, 0.717) is 30.8 Å². The van der Waals surface area contributed by atoms with Gasteiger partial charge in [-0.15, -0.1) is 0 Å². The number of piperidine rings is 2. The Morgan fingerprint density at radius 1 is 1.26 bits per heavy atom. The van der Waals surface area contributed by atoms with Crippen molar-refractivity contribution in [1.29, 1.82) is 0 Å². The molecule has 2 aliphatic rings. The van der Waals surface area contributed by atoms with Gasteiger partial charge in [0.05, 0.1) is 5.92 Å². The van der Waals surface area contributed by atoms with Crippen molar-refractivity contribution in [3.8, 4) is 0 Å². The molecule has 3 heterocycles. The molecule has 2 saturated heterocycles. The lowest BCUT2D eigenvalue weighted by molar-refractivity contribution is -0.127. The second-order valence-corrected chi connectivity index (χ2v) is 7.82. The standard InChI is InChI=1S/C19H32N6O2/c1-14-12-17(26)23-19(22-14)21-8-7-20-18(27)15-4-3-9-25(13-15)16-5-10-24(2)11-6-16/h12,15-16H,3-11,13H2,1-2H3,(H,20,27)(H2,21,22,23,26). The number of hydrogen-bond donors (Lipinski definition) is 3. The zero-order chi connectivity index (χ0) is 19.2. The van der Waals surface area contributed by atoms with Gasteiger partial charge in [-0.25, -0.2) is 4.98 Å². The van der Waals surface area contributed by atoms with E-state index in [2.05, 4.69) is 37.4 Å². The third kappa shape index (κ3) is 5.77. The highest BCUT2D eigenvalue weighted by atomic mass is 16.2. The molecule has 3 rings (SSSR count). The minimum atomic E-state index is -0.176. The van der Waals surface area contributed by atoms with Gasteiger partial charge in [0.25, 0.3) is 5.56 Å². The number of nitrogens with zero attached hydrogens (tertiary/aromatic N) is 3. The van der Waals surface area contributed by atoms with Gasteiger partial charge in [0.1, 0.15) is 0 Å². The van der Waals surface area contributed by atoms with Crippen LogP contribution in [0.5, 0.6) is 0 Å². The Balaban J connectivity index is 1.40. The number of anilines is 1. The molecule has 0 bridgehead atoms. The SMILES string of the molecule is Cc1cc(=O)[nH]c(NCCNC(=O)C2CCCN(C3CCN(C)CC3)C2)n1. The summed E-state index contributed by atoms with van der Waals surface area (Å²) in [6, 6.07) is 2.08. The molecule has 8 heteroatoms. The Bertz CT molecular complexity index is 683. The Morgan fingerprint density at radius 3 is 2.78 bits per heavy atom. The number of carbonyl (C=O) groups excluding carboxylic acids is 1. The highest BCUT2D eigenvalue weighted by Crippen LogP contribution is 2.23. The average molecular weight is 377 g/mol. The Morgan fingerprint density at radius 2 is 2.04 bits per heavy atom. The summed E-state index contributed by atoms with van der Waals surface area (Å²) in [5.41, 5.74) is 0.492. The number of aryl methyl sites for hydroxylation is 1. The van der Waals surface area contributed by atoms with Gasteiger partial charge in [-0.2, -0.15) is 0 Å². The largest absolute Gasteiger partial charge is 0.354 e. The number of aromatic amines is 1. The summed E-state index contributed by atoms with van der Waals surface area (Å²) in [5, 5.41) is 6.08. The molecule has 1 aromatic heterocycles. The van der Waals surface area contributed by atoms with Crippen molar-refractivity contribution in [1.82, 2.24) is 25.1 Å². The molecule has 2 aliphatic heterocycles. The second kappa shape index (κ2) is 9.32. The van der Waals surface area contributed by atoms with E-state index in [0.717, 1.165) is 39.0 Å². The zero-order valence-electron chi connectivity index (χ0n) is 16.5. The molecule has 150 valence electrons. The Kier molecular flexibility index (Phi) is 6.84. The highest BCUT2D eigenvalue weighted by molar-refractivity contribution is 5.79. The first-order chi connectivity index (χ1) is 13.0. The Hall–Kier alpha value is -1.93. The summed E-state index contributed by atoms with van der Waals surface area (Å²) >= 11 is 0. The van der Waals surface area contributed by atoms with E-state index in [4.69, 9.17) is 0 Å². The predicted octanol–water partition coefficient (Wildman–Crippen LogP) is 0.413. The van der Waals surface area contributed by atoms with Gasteiger partial charge >= 0.3 is 0 Å². The fraction of sp³-hybridized carbons (Fsp3) is 0.737. The number of H-pyrrole nitrogens is 1. The van der Waals surface area contributed by atoms with Crippen molar-refractivity contribution in [2.24, 2.45) is 5.92 Å². The first-order valence-corrected chi connectivity index (χ1v) is 10.0. The van der Waals surface area contributed by atoms with Crippen molar-refractivity contribution < 1.29 is 4.79 Å². The van der Waals surface area contributed by atoms with Gasteiger partial charge in [-0.05, 0) is 59.3 Å². The predicted molar refractivity (Wildman–Crippen MR) is 106 cm³/mol. The van der Waals surface area contributed by atoms with Crippen LogP contribution in [0.2, 0.25) is 0 Å². The van der Waals surface area contributed by atoms with E-state index >= 15 is 0 Å². The molecule has 1 atom stereocenters. The van der Waals surface area contributed by atoms with Crippen LogP contribution in [0.25, 0.3) is 0 Å². The molecule has 1 unspecified atom stereocenters. The Labute approximate surface area is 160 Å². The first-order valence-electron chi connectivity index (χ1n) is 10.0. The topological polar surface area (TPSA) is 93.4 Å². The van der Waals surface area contributed by atoms with Crippen LogP contribution in [0.15, 0.2) is 10.9 Å². The lowest BCUT2D eigenvalue weighted by Crippen LogP contribution is -2.50. The maximum absolute atomic E-state index is 12.6. The fourth-order valence-corrected chi connectivity index (χ4v) is 4.09. The lowest BCUT2D eigenvalue weighted by Gasteiger charge is -2.41. The number of amides is 1. The molecule has 27 heavy (non-hydrogen) atoms. The van der Waals surface area contributed by atoms with Crippen LogP contribution in [0, 0.1) is 12.8 Å². The first kappa shape index (κ1) is 19.8. The molecule has 1 aromatic rings. The molecule has 1 amide bonds. The average Bonchev–Trinajstić information content (AvgIpc) is 2.65. The number of nitrogens with one attached hydrogen (secondary N) is 3. The normalized spacial score (nSPS) is 22.5. The summed E-state index contributed by atoms with van der Waals surface area (Å²) in [5.74, 6) is 0.663.